The molecule has 1 N–H and O–H groups in total. The van der Waals surface area contributed by atoms with Gasteiger partial charge < -0.3 is 10.2 Å². The molecule has 0 spiro atoms. The minimum absolute atomic E-state index is 0.0171. The molecule has 6 heteroatoms. The number of rotatable bonds is 9. The van der Waals surface area contributed by atoms with Crippen molar-refractivity contribution in [1.29, 1.82) is 0 Å². The van der Waals surface area contributed by atoms with Gasteiger partial charge in [0.15, 0.2) is 0 Å². The van der Waals surface area contributed by atoms with E-state index in [-0.39, 0.29) is 36.6 Å². The topological polar surface area (TPSA) is 49.4 Å². The second-order valence-corrected chi connectivity index (χ2v) is 9.11. The van der Waals surface area contributed by atoms with Gasteiger partial charge in [-0.3, -0.25) is 9.59 Å². The molecule has 3 aromatic carbocycles. The Hall–Kier alpha value is -3.54. The first kappa shape index (κ1) is 24.6. The molecular weight excluding hydrogens is 446 g/mol. The first-order chi connectivity index (χ1) is 17.0. The summed E-state index contributed by atoms with van der Waals surface area (Å²) in [5.41, 5.74) is 1.88. The zero-order valence-electron chi connectivity index (χ0n) is 19.6. The lowest BCUT2D eigenvalue weighted by Gasteiger charge is -2.32. The summed E-state index contributed by atoms with van der Waals surface area (Å²) in [6.07, 6.45) is 4.26. The van der Waals surface area contributed by atoms with Crippen LogP contribution in [0.4, 0.5) is 8.78 Å². The van der Waals surface area contributed by atoms with Crippen LogP contribution >= 0.6 is 0 Å². The third-order valence-corrected chi connectivity index (χ3v) is 6.54. The highest BCUT2D eigenvalue weighted by Gasteiger charge is 2.32. The van der Waals surface area contributed by atoms with E-state index in [1.807, 2.05) is 30.3 Å². The van der Waals surface area contributed by atoms with Gasteiger partial charge in [-0.15, -0.1) is 0 Å². The molecule has 2 amide bonds. The van der Waals surface area contributed by atoms with E-state index in [2.05, 4.69) is 5.32 Å². The van der Waals surface area contributed by atoms with Gasteiger partial charge in [-0.1, -0.05) is 73.5 Å². The van der Waals surface area contributed by atoms with E-state index in [0.29, 0.717) is 17.5 Å². The van der Waals surface area contributed by atoms with Crippen molar-refractivity contribution in [1.82, 2.24) is 10.2 Å². The molecule has 0 bridgehead atoms. The summed E-state index contributed by atoms with van der Waals surface area (Å²) < 4.78 is 28.0. The molecule has 1 aliphatic carbocycles. The fraction of sp³-hybridized carbons (Fsp3) is 0.310. The van der Waals surface area contributed by atoms with Gasteiger partial charge in [0.1, 0.15) is 17.7 Å². The molecule has 0 aliphatic heterocycles. The van der Waals surface area contributed by atoms with Crippen LogP contribution in [-0.4, -0.2) is 28.8 Å². The lowest BCUT2D eigenvalue weighted by molar-refractivity contribution is -0.141. The smallest absolute Gasteiger partial charge is 0.243 e. The quantitative estimate of drug-likeness (QED) is 0.461. The minimum Gasteiger partial charge on any atom is -0.352 e. The normalized spacial score (nSPS) is 14.5. The summed E-state index contributed by atoms with van der Waals surface area (Å²) in [4.78, 5) is 28.7. The van der Waals surface area contributed by atoms with Gasteiger partial charge in [0.25, 0.3) is 0 Å². The molecule has 182 valence electrons. The van der Waals surface area contributed by atoms with Crippen molar-refractivity contribution in [2.75, 3.05) is 0 Å². The monoisotopic (exact) mass is 476 g/mol. The molecule has 1 saturated carbocycles. The maximum absolute atomic E-state index is 14.6. The first-order valence-corrected chi connectivity index (χ1v) is 12.1. The van der Waals surface area contributed by atoms with E-state index >= 15 is 0 Å². The molecule has 0 radical (unpaired) electrons. The highest BCUT2D eigenvalue weighted by molar-refractivity contribution is 5.89. The number of hydrogen-bond acceptors (Lipinski definition) is 2. The molecule has 1 atom stereocenters. The Morgan fingerprint density at radius 2 is 1.51 bits per heavy atom. The van der Waals surface area contributed by atoms with Gasteiger partial charge in [-0.05, 0) is 42.2 Å². The predicted molar refractivity (Wildman–Crippen MR) is 131 cm³/mol. The van der Waals surface area contributed by atoms with Crippen molar-refractivity contribution < 1.29 is 18.4 Å². The van der Waals surface area contributed by atoms with E-state index in [1.54, 1.807) is 30.3 Å². The Bertz CT molecular complexity index is 1130. The maximum Gasteiger partial charge on any atom is 0.243 e. The Kier molecular flexibility index (Phi) is 8.24. The lowest BCUT2D eigenvalue weighted by Crippen LogP contribution is -2.52. The number of carbonyl (C=O) groups excluding carboxylic acids is 2. The van der Waals surface area contributed by atoms with Crippen LogP contribution in [0.2, 0.25) is 0 Å². The molecule has 0 aromatic heterocycles. The summed E-state index contributed by atoms with van der Waals surface area (Å²) in [6.45, 7) is -0.0394. The summed E-state index contributed by atoms with van der Waals surface area (Å²) in [6, 6.07) is 20.8. The molecule has 4 nitrogen and oxygen atoms in total. The zero-order chi connectivity index (χ0) is 24.6. The van der Waals surface area contributed by atoms with Crippen molar-refractivity contribution >= 4 is 11.8 Å². The largest absolute Gasteiger partial charge is 0.352 e. The van der Waals surface area contributed by atoms with Gasteiger partial charge in [0, 0.05) is 24.6 Å². The Labute approximate surface area is 205 Å². The number of carbonyl (C=O) groups is 2. The highest BCUT2D eigenvalue weighted by atomic mass is 19.1. The lowest BCUT2D eigenvalue weighted by atomic mass is 10.0. The summed E-state index contributed by atoms with van der Waals surface area (Å²) >= 11 is 0. The van der Waals surface area contributed by atoms with Crippen LogP contribution in [0.25, 0.3) is 0 Å². The van der Waals surface area contributed by atoms with Gasteiger partial charge in [-0.25, -0.2) is 8.78 Å². The number of benzene rings is 3. The standard InChI is InChI=1S/C29H30F2N2O2/c30-24-16-14-22(15-17-24)19-28(34)33(20-23-10-4-7-13-26(23)31)27(18-21-8-2-1-3-9-21)29(35)32-25-11-5-6-12-25/h1-4,7-10,13-17,25,27H,5-6,11-12,18-20H2,(H,32,35). The molecule has 1 aliphatic rings. The van der Waals surface area contributed by atoms with E-state index < -0.39 is 11.9 Å². The number of halogens is 2. The summed E-state index contributed by atoms with van der Waals surface area (Å²) in [5.74, 6) is -1.36. The van der Waals surface area contributed by atoms with Crippen molar-refractivity contribution in [3.05, 3.63) is 107 Å². The SMILES string of the molecule is O=C(NC1CCCC1)C(Cc1ccccc1)N(Cc1ccccc1F)C(=O)Cc1ccc(F)cc1. The average molecular weight is 477 g/mol. The van der Waals surface area contributed by atoms with Gasteiger partial charge in [0.05, 0.1) is 6.42 Å². The number of nitrogens with zero attached hydrogens (tertiary/aromatic N) is 1. The van der Waals surface area contributed by atoms with E-state index in [9.17, 15) is 18.4 Å². The Morgan fingerprint density at radius 1 is 0.857 bits per heavy atom. The summed E-state index contributed by atoms with van der Waals surface area (Å²) in [5, 5.41) is 3.13. The van der Waals surface area contributed by atoms with Crippen LogP contribution in [0.1, 0.15) is 42.4 Å². The third-order valence-electron chi connectivity index (χ3n) is 6.54. The number of nitrogens with one attached hydrogen (secondary N) is 1. The third kappa shape index (κ3) is 6.75. The zero-order valence-corrected chi connectivity index (χ0v) is 19.6. The predicted octanol–water partition coefficient (Wildman–Crippen LogP) is 5.21. The fourth-order valence-electron chi connectivity index (χ4n) is 4.61. The maximum atomic E-state index is 14.6. The van der Waals surface area contributed by atoms with Crippen LogP contribution in [0.3, 0.4) is 0 Å². The molecule has 0 heterocycles. The van der Waals surface area contributed by atoms with Gasteiger partial charge in [-0.2, -0.15) is 0 Å². The highest BCUT2D eigenvalue weighted by Crippen LogP contribution is 2.21. The fourth-order valence-corrected chi connectivity index (χ4v) is 4.61. The van der Waals surface area contributed by atoms with Crippen LogP contribution in [0.5, 0.6) is 0 Å². The van der Waals surface area contributed by atoms with Crippen molar-refractivity contribution in [2.45, 2.75) is 57.2 Å². The second-order valence-electron chi connectivity index (χ2n) is 9.11. The molecule has 1 fully saturated rings. The molecule has 1 unspecified atom stereocenters. The first-order valence-electron chi connectivity index (χ1n) is 12.1. The van der Waals surface area contributed by atoms with Crippen molar-refractivity contribution in [3.8, 4) is 0 Å². The van der Waals surface area contributed by atoms with Gasteiger partial charge >= 0.3 is 0 Å². The molecule has 35 heavy (non-hydrogen) atoms. The molecule has 0 saturated heterocycles. The van der Waals surface area contributed by atoms with Crippen molar-refractivity contribution in [2.24, 2.45) is 0 Å². The molecular formula is C29H30F2N2O2. The van der Waals surface area contributed by atoms with E-state index in [4.69, 9.17) is 0 Å². The molecule has 4 rings (SSSR count). The van der Waals surface area contributed by atoms with Crippen LogP contribution in [-0.2, 0) is 29.0 Å². The van der Waals surface area contributed by atoms with Crippen molar-refractivity contribution in [3.63, 3.8) is 0 Å². The van der Waals surface area contributed by atoms with Gasteiger partial charge in [0.2, 0.25) is 11.8 Å². The van der Waals surface area contributed by atoms with E-state index in [1.165, 1.54) is 23.1 Å². The molecule has 3 aromatic rings. The summed E-state index contributed by atoms with van der Waals surface area (Å²) in [7, 11) is 0. The Morgan fingerprint density at radius 3 is 2.20 bits per heavy atom. The Balaban J connectivity index is 1.66. The van der Waals surface area contributed by atoms with Crippen LogP contribution < -0.4 is 5.32 Å². The number of hydrogen-bond donors (Lipinski definition) is 1. The average Bonchev–Trinajstić information content (AvgIpc) is 3.37. The second kappa shape index (κ2) is 11.7. The van der Waals surface area contributed by atoms with Crippen LogP contribution in [0.15, 0.2) is 78.9 Å². The van der Waals surface area contributed by atoms with Crippen LogP contribution in [0, 0.1) is 11.6 Å². The van der Waals surface area contributed by atoms with E-state index in [0.717, 1.165) is 31.2 Å². The minimum atomic E-state index is -0.814. The number of amides is 2.